The van der Waals surface area contributed by atoms with Crippen LogP contribution in [0.3, 0.4) is 0 Å². The molecule has 4 N–H and O–H groups in total. The number of rotatable bonds is 2. The number of aromatic amines is 2. The molecule has 0 saturated carbocycles. The maximum absolute atomic E-state index is 12.1. The second kappa shape index (κ2) is 4.77. The molecule has 0 aliphatic carbocycles. The molecule has 1 aliphatic rings. The summed E-state index contributed by atoms with van der Waals surface area (Å²) in [5.74, 6) is -0.0657. The largest absolute Gasteiger partial charge is 0.337 e. The highest BCUT2D eigenvalue weighted by atomic mass is 16.2. The van der Waals surface area contributed by atoms with E-state index < -0.39 is 11.2 Å². The van der Waals surface area contributed by atoms with E-state index in [-0.39, 0.29) is 23.6 Å². The van der Waals surface area contributed by atoms with Crippen molar-refractivity contribution in [2.24, 2.45) is 11.7 Å². The van der Waals surface area contributed by atoms with Gasteiger partial charge in [-0.2, -0.15) is 0 Å². The number of aromatic nitrogens is 2. The van der Waals surface area contributed by atoms with E-state index in [2.05, 4.69) is 4.98 Å². The van der Waals surface area contributed by atoms with Crippen LogP contribution in [0, 0.1) is 5.92 Å². The summed E-state index contributed by atoms with van der Waals surface area (Å²) in [5, 5.41) is 0. The molecule has 1 saturated heterocycles. The Morgan fingerprint density at radius 3 is 2.78 bits per heavy atom. The summed E-state index contributed by atoms with van der Waals surface area (Å²) in [4.78, 5) is 40.3. The van der Waals surface area contributed by atoms with Gasteiger partial charge in [0.15, 0.2) is 0 Å². The molecule has 1 fully saturated rings. The van der Waals surface area contributed by atoms with Gasteiger partial charge >= 0.3 is 5.69 Å². The van der Waals surface area contributed by atoms with Gasteiger partial charge in [0, 0.05) is 25.2 Å². The first-order valence-corrected chi connectivity index (χ1v) is 5.86. The van der Waals surface area contributed by atoms with Crippen LogP contribution in [0.5, 0.6) is 0 Å². The van der Waals surface area contributed by atoms with Gasteiger partial charge in [-0.25, -0.2) is 4.79 Å². The Kier molecular flexibility index (Phi) is 3.33. The number of nitrogens with zero attached hydrogens (tertiary/aromatic N) is 1. The van der Waals surface area contributed by atoms with E-state index in [9.17, 15) is 14.4 Å². The van der Waals surface area contributed by atoms with E-state index in [1.165, 1.54) is 0 Å². The fourth-order valence-electron chi connectivity index (χ4n) is 2.16. The van der Waals surface area contributed by atoms with Crippen LogP contribution in [0.2, 0.25) is 0 Å². The lowest BCUT2D eigenvalue weighted by Crippen LogP contribution is -2.35. The second-order valence-electron chi connectivity index (χ2n) is 4.66. The first-order valence-electron chi connectivity index (χ1n) is 5.86. The Morgan fingerprint density at radius 1 is 1.50 bits per heavy atom. The van der Waals surface area contributed by atoms with Crippen LogP contribution in [0.25, 0.3) is 0 Å². The molecular weight excluding hydrogens is 236 g/mol. The topological polar surface area (TPSA) is 112 Å². The van der Waals surface area contributed by atoms with E-state index in [0.29, 0.717) is 13.1 Å². The summed E-state index contributed by atoms with van der Waals surface area (Å²) < 4.78 is 0. The Hall–Kier alpha value is -1.89. The third kappa shape index (κ3) is 2.51. The zero-order valence-corrected chi connectivity index (χ0v) is 10.1. The standard InChI is InChI=1S/C11H16N4O3/c1-6(12)7-2-3-15(5-7)10(17)8-4-9(16)14-11(18)13-8/h4,6-7H,2-3,5,12H2,1H3,(H2,13,14,16,18). The van der Waals surface area contributed by atoms with Gasteiger partial charge in [0.25, 0.3) is 11.5 Å². The minimum absolute atomic E-state index is 0.0223. The van der Waals surface area contributed by atoms with Crippen LogP contribution >= 0.6 is 0 Å². The van der Waals surface area contributed by atoms with Crippen molar-refractivity contribution in [3.05, 3.63) is 32.6 Å². The van der Waals surface area contributed by atoms with Crippen molar-refractivity contribution in [2.45, 2.75) is 19.4 Å². The van der Waals surface area contributed by atoms with Crippen molar-refractivity contribution in [3.63, 3.8) is 0 Å². The van der Waals surface area contributed by atoms with Crippen LogP contribution in [0.1, 0.15) is 23.8 Å². The highest BCUT2D eigenvalue weighted by molar-refractivity contribution is 5.92. The normalized spacial score (nSPS) is 21.0. The SMILES string of the molecule is CC(N)C1CCN(C(=O)c2cc(=O)[nH]c(=O)[nH]2)C1. The number of nitrogens with one attached hydrogen (secondary N) is 2. The first-order chi connectivity index (χ1) is 8.47. The number of hydrogen-bond acceptors (Lipinski definition) is 4. The predicted molar refractivity (Wildman–Crippen MR) is 65.3 cm³/mol. The second-order valence-corrected chi connectivity index (χ2v) is 4.66. The third-order valence-electron chi connectivity index (χ3n) is 3.25. The first kappa shape index (κ1) is 12.6. The van der Waals surface area contributed by atoms with E-state index in [4.69, 9.17) is 5.73 Å². The number of likely N-dealkylation sites (tertiary alicyclic amines) is 1. The summed E-state index contributed by atoms with van der Waals surface area (Å²) in [6, 6.07) is 1.13. The molecule has 7 heteroatoms. The zero-order chi connectivity index (χ0) is 13.3. The summed E-state index contributed by atoms with van der Waals surface area (Å²) in [6.07, 6.45) is 0.844. The molecule has 0 radical (unpaired) electrons. The van der Waals surface area contributed by atoms with Crippen LogP contribution in [-0.4, -0.2) is 39.9 Å². The highest BCUT2D eigenvalue weighted by Gasteiger charge is 2.29. The van der Waals surface area contributed by atoms with Crippen LogP contribution < -0.4 is 17.0 Å². The van der Waals surface area contributed by atoms with Gasteiger partial charge in [-0.15, -0.1) is 0 Å². The lowest BCUT2D eigenvalue weighted by atomic mass is 10.0. The smallest absolute Gasteiger partial charge is 0.326 e. The van der Waals surface area contributed by atoms with Crippen molar-refractivity contribution < 1.29 is 4.79 Å². The predicted octanol–water partition coefficient (Wildman–Crippen LogP) is -1.13. The van der Waals surface area contributed by atoms with Crippen molar-refractivity contribution in [3.8, 4) is 0 Å². The number of nitrogens with two attached hydrogens (primary N) is 1. The maximum Gasteiger partial charge on any atom is 0.326 e. The van der Waals surface area contributed by atoms with Crippen LogP contribution in [-0.2, 0) is 0 Å². The van der Waals surface area contributed by atoms with E-state index in [1.54, 1.807) is 4.90 Å². The van der Waals surface area contributed by atoms with Crippen molar-refractivity contribution in [1.29, 1.82) is 0 Å². The molecule has 1 amide bonds. The lowest BCUT2D eigenvalue weighted by molar-refractivity contribution is 0.0779. The minimum atomic E-state index is -0.672. The van der Waals surface area contributed by atoms with Gasteiger partial charge in [0.1, 0.15) is 5.69 Å². The fraction of sp³-hybridized carbons (Fsp3) is 0.545. The monoisotopic (exact) mass is 252 g/mol. The number of amides is 1. The Balaban J connectivity index is 2.18. The third-order valence-corrected chi connectivity index (χ3v) is 3.25. The van der Waals surface area contributed by atoms with Gasteiger partial charge in [-0.3, -0.25) is 14.6 Å². The Bertz CT molecular complexity index is 532. The number of carbonyl (C=O) groups excluding carboxylic acids is 1. The summed E-state index contributed by atoms with van der Waals surface area (Å²) in [7, 11) is 0. The molecule has 7 nitrogen and oxygen atoms in total. The lowest BCUT2D eigenvalue weighted by Gasteiger charge is -2.17. The Morgan fingerprint density at radius 2 is 2.22 bits per heavy atom. The quantitative estimate of drug-likeness (QED) is 0.618. The molecule has 1 aromatic rings. The Labute approximate surface area is 103 Å². The molecule has 0 bridgehead atoms. The summed E-state index contributed by atoms with van der Waals surface area (Å²) in [5.41, 5.74) is 4.57. The summed E-state index contributed by atoms with van der Waals surface area (Å²) >= 11 is 0. The highest BCUT2D eigenvalue weighted by Crippen LogP contribution is 2.19. The van der Waals surface area contributed by atoms with Gasteiger partial charge in [-0.05, 0) is 19.3 Å². The van der Waals surface area contributed by atoms with Gasteiger partial charge < -0.3 is 15.6 Å². The molecule has 2 atom stereocenters. The zero-order valence-electron chi connectivity index (χ0n) is 10.1. The molecule has 18 heavy (non-hydrogen) atoms. The molecule has 1 aliphatic heterocycles. The molecule has 1 aromatic heterocycles. The molecule has 0 spiro atoms. The number of carbonyl (C=O) groups is 1. The molecule has 98 valence electrons. The maximum atomic E-state index is 12.1. The molecular formula is C11H16N4O3. The molecule has 2 heterocycles. The summed E-state index contributed by atoms with van der Waals surface area (Å²) in [6.45, 7) is 3.07. The molecule has 0 aromatic carbocycles. The van der Waals surface area contributed by atoms with Gasteiger partial charge in [0.05, 0.1) is 0 Å². The number of hydrogen-bond donors (Lipinski definition) is 3. The average Bonchev–Trinajstić information content (AvgIpc) is 2.75. The van der Waals surface area contributed by atoms with Crippen molar-refractivity contribution in [1.82, 2.24) is 14.9 Å². The van der Waals surface area contributed by atoms with Crippen LogP contribution in [0.4, 0.5) is 0 Å². The molecule has 2 rings (SSSR count). The minimum Gasteiger partial charge on any atom is -0.337 e. The van der Waals surface area contributed by atoms with E-state index in [0.717, 1.165) is 12.5 Å². The van der Waals surface area contributed by atoms with E-state index >= 15 is 0 Å². The van der Waals surface area contributed by atoms with Gasteiger partial charge in [0.2, 0.25) is 0 Å². The van der Waals surface area contributed by atoms with Crippen molar-refractivity contribution in [2.75, 3.05) is 13.1 Å². The fourth-order valence-corrected chi connectivity index (χ4v) is 2.16. The number of H-pyrrole nitrogens is 2. The van der Waals surface area contributed by atoms with Crippen LogP contribution in [0.15, 0.2) is 15.7 Å². The van der Waals surface area contributed by atoms with Crippen molar-refractivity contribution >= 4 is 5.91 Å². The molecule has 2 unspecified atom stereocenters. The van der Waals surface area contributed by atoms with Gasteiger partial charge in [-0.1, -0.05) is 0 Å². The van der Waals surface area contributed by atoms with E-state index in [1.807, 2.05) is 11.9 Å². The average molecular weight is 252 g/mol.